The summed E-state index contributed by atoms with van der Waals surface area (Å²) >= 11 is 0. The number of benzene rings is 1. The summed E-state index contributed by atoms with van der Waals surface area (Å²) in [6.07, 6.45) is 1.57. The van der Waals surface area contributed by atoms with E-state index in [0.29, 0.717) is 5.69 Å². The molecule has 3 rings (SSSR count). The van der Waals surface area contributed by atoms with Crippen LogP contribution in [-0.2, 0) is 0 Å². The minimum atomic E-state index is -0.542. The van der Waals surface area contributed by atoms with Crippen LogP contribution in [0.2, 0.25) is 0 Å². The number of rotatable bonds is 4. The summed E-state index contributed by atoms with van der Waals surface area (Å²) in [6.45, 7) is 0. The molecule has 0 N–H and O–H groups in total. The highest BCUT2D eigenvalue weighted by atomic mass is 16.6. The Labute approximate surface area is 123 Å². The number of carbonyl (C=O) groups is 1. The lowest BCUT2D eigenvalue weighted by molar-refractivity contribution is -0.384. The van der Waals surface area contributed by atoms with Gasteiger partial charge in [-0.25, -0.2) is 0 Å². The number of nitro groups is 1. The zero-order chi connectivity index (χ0) is 15.5. The van der Waals surface area contributed by atoms with Gasteiger partial charge in [-0.1, -0.05) is 11.2 Å². The molecule has 2 heterocycles. The van der Waals surface area contributed by atoms with Gasteiger partial charge in [0.1, 0.15) is 5.69 Å². The summed E-state index contributed by atoms with van der Waals surface area (Å²) in [6, 6.07) is 10.3. The first-order valence-corrected chi connectivity index (χ1v) is 6.19. The molecule has 22 heavy (non-hydrogen) atoms. The molecule has 0 aliphatic heterocycles. The van der Waals surface area contributed by atoms with Crippen molar-refractivity contribution in [3.63, 3.8) is 0 Å². The van der Waals surface area contributed by atoms with Gasteiger partial charge in [0.2, 0.25) is 5.82 Å². The first-order valence-electron chi connectivity index (χ1n) is 6.19. The lowest BCUT2D eigenvalue weighted by Crippen LogP contribution is -2.02. The number of carbonyl (C=O) groups excluding carboxylic acids is 1. The van der Waals surface area contributed by atoms with Gasteiger partial charge in [-0.3, -0.25) is 19.9 Å². The number of ketones is 1. The Balaban J connectivity index is 1.87. The monoisotopic (exact) mass is 296 g/mol. The van der Waals surface area contributed by atoms with Gasteiger partial charge in [-0.05, 0) is 24.3 Å². The number of nitro benzene ring substituents is 1. The summed E-state index contributed by atoms with van der Waals surface area (Å²) in [5.41, 5.74) is 0.604. The van der Waals surface area contributed by atoms with Crippen LogP contribution in [-0.4, -0.2) is 25.8 Å². The lowest BCUT2D eigenvalue weighted by atomic mass is 10.1. The first kappa shape index (κ1) is 13.6. The second-order valence-corrected chi connectivity index (χ2v) is 4.27. The van der Waals surface area contributed by atoms with E-state index in [1.165, 1.54) is 24.3 Å². The van der Waals surface area contributed by atoms with Crippen LogP contribution in [0.3, 0.4) is 0 Å². The van der Waals surface area contributed by atoms with Crippen molar-refractivity contribution < 1.29 is 14.2 Å². The van der Waals surface area contributed by atoms with E-state index in [1.807, 2.05) is 0 Å². The third-order valence-corrected chi connectivity index (χ3v) is 2.85. The van der Waals surface area contributed by atoms with Crippen LogP contribution in [0.15, 0.2) is 53.2 Å². The summed E-state index contributed by atoms with van der Waals surface area (Å²) < 4.78 is 4.93. The Morgan fingerprint density at radius 3 is 2.55 bits per heavy atom. The third kappa shape index (κ3) is 2.57. The van der Waals surface area contributed by atoms with Crippen molar-refractivity contribution in [2.75, 3.05) is 0 Å². The molecule has 0 saturated carbocycles. The highest BCUT2D eigenvalue weighted by Crippen LogP contribution is 2.17. The molecule has 0 aliphatic rings. The van der Waals surface area contributed by atoms with Gasteiger partial charge >= 0.3 is 0 Å². The molecule has 0 unspecified atom stereocenters. The van der Waals surface area contributed by atoms with E-state index in [-0.39, 0.29) is 23.0 Å². The largest absolute Gasteiger partial charge is 0.330 e. The Hall–Kier alpha value is -3.42. The quantitative estimate of drug-likeness (QED) is 0.412. The van der Waals surface area contributed by atoms with E-state index in [2.05, 4.69) is 15.1 Å². The summed E-state index contributed by atoms with van der Waals surface area (Å²) in [5.74, 6) is -0.509. The zero-order valence-electron chi connectivity index (χ0n) is 11.0. The average molecular weight is 296 g/mol. The van der Waals surface area contributed by atoms with Crippen molar-refractivity contribution in [2.24, 2.45) is 0 Å². The van der Waals surface area contributed by atoms with E-state index in [0.717, 1.165) is 0 Å². The van der Waals surface area contributed by atoms with Gasteiger partial charge < -0.3 is 4.52 Å². The Kier molecular flexibility index (Phi) is 3.40. The molecular formula is C14H8N4O4. The first-order chi connectivity index (χ1) is 10.6. The average Bonchev–Trinajstić information content (AvgIpc) is 3.05. The van der Waals surface area contributed by atoms with E-state index < -0.39 is 10.7 Å². The molecule has 0 spiro atoms. The van der Waals surface area contributed by atoms with Gasteiger partial charge in [-0.2, -0.15) is 4.98 Å². The molecule has 8 heteroatoms. The lowest BCUT2D eigenvalue weighted by Gasteiger charge is -1.95. The van der Waals surface area contributed by atoms with Gasteiger partial charge in [0.25, 0.3) is 17.4 Å². The normalized spacial score (nSPS) is 10.4. The van der Waals surface area contributed by atoms with Crippen molar-refractivity contribution in [1.29, 1.82) is 0 Å². The van der Waals surface area contributed by atoms with Crippen molar-refractivity contribution in [2.45, 2.75) is 0 Å². The molecule has 2 aromatic heterocycles. The maximum atomic E-state index is 12.2. The molecule has 0 amide bonds. The summed E-state index contributed by atoms with van der Waals surface area (Å²) in [7, 11) is 0. The molecule has 0 bridgehead atoms. The highest BCUT2D eigenvalue weighted by molar-refractivity contribution is 6.06. The molecule has 108 valence electrons. The molecule has 3 aromatic rings. The van der Waals surface area contributed by atoms with Crippen molar-refractivity contribution in [3.05, 3.63) is 70.2 Å². The van der Waals surface area contributed by atoms with Crippen LogP contribution in [0.4, 0.5) is 5.69 Å². The van der Waals surface area contributed by atoms with Crippen LogP contribution >= 0.6 is 0 Å². The Morgan fingerprint density at radius 2 is 1.91 bits per heavy atom. The molecular weight excluding hydrogens is 288 g/mol. The fraction of sp³-hybridized carbons (Fsp3) is 0. The third-order valence-electron chi connectivity index (χ3n) is 2.85. The minimum absolute atomic E-state index is 0.101. The van der Waals surface area contributed by atoms with Crippen LogP contribution in [0.1, 0.15) is 16.2 Å². The second-order valence-electron chi connectivity index (χ2n) is 4.27. The predicted octanol–water partition coefficient (Wildman–Crippen LogP) is 2.27. The molecule has 0 aliphatic carbocycles. The highest BCUT2D eigenvalue weighted by Gasteiger charge is 2.19. The standard InChI is InChI=1S/C14H8N4O4/c19-12(9-4-6-10(7-5-9)18(20)21)14-16-13(17-22-14)11-3-1-2-8-15-11/h1-8H. The van der Waals surface area contributed by atoms with Crippen LogP contribution in [0.5, 0.6) is 0 Å². The summed E-state index contributed by atoms with van der Waals surface area (Å²) in [4.78, 5) is 30.3. The number of pyridine rings is 1. The second kappa shape index (κ2) is 5.52. The Bertz CT molecular complexity index is 828. The molecule has 8 nitrogen and oxygen atoms in total. The maximum Gasteiger partial charge on any atom is 0.299 e. The maximum absolute atomic E-state index is 12.2. The Morgan fingerprint density at radius 1 is 1.14 bits per heavy atom. The molecule has 1 aromatic carbocycles. The SMILES string of the molecule is O=C(c1ccc([N+](=O)[O-])cc1)c1nc(-c2ccccn2)no1. The van der Waals surface area contributed by atoms with Gasteiger partial charge in [0.15, 0.2) is 0 Å². The van der Waals surface area contributed by atoms with Crippen molar-refractivity contribution in [1.82, 2.24) is 15.1 Å². The molecule has 0 atom stereocenters. The molecule has 0 radical (unpaired) electrons. The fourth-order valence-electron chi connectivity index (χ4n) is 1.77. The zero-order valence-corrected chi connectivity index (χ0v) is 11.0. The van der Waals surface area contributed by atoms with E-state index in [4.69, 9.17) is 4.52 Å². The van der Waals surface area contributed by atoms with Gasteiger partial charge in [0, 0.05) is 23.9 Å². The number of nitrogens with zero attached hydrogens (tertiary/aromatic N) is 4. The fourth-order valence-corrected chi connectivity index (χ4v) is 1.77. The van der Waals surface area contributed by atoms with Gasteiger partial charge in [-0.15, -0.1) is 0 Å². The van der Waals surface area contributed by atoms with E-state index in [1.54, 1.807) is 24.4 Å². The van der Waals surface area contributed by atoms with Crippen molar-refractivity contribution >= 4 is 11.5 Å². The van der Waals surface area contributed by atoms with E-state index in [9.17, 15) is 14.9 Å². The topological polar surface area (TPSA) is 112 Å². The van der Waals surface area contributed by atoms with E-state index >= 15 is 0 Å². The van der Waals surface area contributed by atoms with Crippen LogP contribution < -0.4 is 0 Å². The van der Waals surface area contributed by atoms with Gasteiger partial charge in [0.05, 0.1) is 4.92 Å². The predicted molar refractivity (Wildman–Crippen MR) is 74.1 cm³/mol. The minimum Gasteiger partial charge on any atom is -0.330 e. The van der Waals surface area contributed by atoms with Crippen LogP contribution in [0, 0.1) is 10.1 Å². The molecule has 0 saturated heterocycles. The molecule has 0 fully saturated rings. The smallest absolute Gasteiger partial charge is 0.299 e. The summed E-state index contributed by atoms with van der Waals surface area (Å²) in [5, 5.41) is 14.3. The number of hydrogen-bond acceptors (Lipinski definition) is 7. The number of hydrogen-bond donors (Lipinski definition) is 0. The van der Waals surface area contributed by atoms with Crippen LogP contribution in [0.25, 0.3) is 11.5 Å². The number of aromatic nitrogens is 3. The number of non-ortho nitro benzene ring substituents is 1. The van der Waals surface area contributed by atoms with Crippen molar-refractivity contribution in [3.8, 4) is 11.5 Å².